The van der Waals surface area contributed by atoms with E-state index < -0.39 is 23.0 Å². The summed E-state index contributed by atoms with van der Waals surface area (Å²) in [4.78, 5) is 12.2. The lowest BCUT2D eigenvalue weighted by molar-refractivity contribution is -0.225. The molecule has 38 heavy (non-hydrogen) atoms. The largest absolute Gasteiger partial charge is 0.342 e. The molecule has 1 saturated heterocycles. The summed E-state index contributed by atoms with van der Waals surface area (Å²) in [5, 5.41) is 3.40. The minimum atomic E-state index is -4.36. The number of imidazole rings is 1. The molecule has 3 aromatic rings. The van der Waals surface area contributed by atoms with Gasteiger partial charge in [-0.3, -0.25) is 4.99 Å². The molecule has 2 aliphatic carbocycles. The minimum absolute atomic E-state index is 0.134. The summed E-state index contributed by atoms with van der Waals surface area (Å²) in [7, 11) is 0. The number of aromatic nitrogens is 2. The van der Waals surface area contributed by atoms with Crippen molar-refractivity contribution in [1.82, 2.24) is 15.3 Å². The smallest absolute Gasteiger partial charge is 0.340 e. The van der Waals surface area contributed by atoms with E-state index in [1.807, 2.05) is 0 Å². The molecule has 2 fully saturated rings. The number of nitrogens with one attached hydrogen (secondary N) is 2. The molecule has 2 aliphatic heterocycles. The molecule has 0 radical (unpaired) electrons. The second kappa shape index (κ2) is 8.63. The average Bonchev–Trinajstić information content (AvgIpc) is 3.74. The third-order valence-electron chi connectivity index (χ3n) is 8.64. The van der Waals surface area contributed by atoms with E-state index in [0.29, 0.717) is 29.2 Å². The monoisotopic (exact) mass is 520 g/mol. The summed E-state index contributed by atoms with van der Waals surface area (Å²) in [5.74, 6) is -7.55. The van der Waals surface area contributed by atoms with Crippen LogP contribution in [0.15, 0.2) is 53.8 Å². The molecule has 3 heterocycles. The lowest BCUT2D eigenvalue weighted by atomic mass is 9.78. The summed E-state index contributed by atoms with van der Waals surface area (Å²) in [6.07, 6.45) is 10.3. The molecular formula is C30H28F4N4. The molecular weight excluding hydrogens is 492 g/mol. The zero-order valence-corrected chi connectivity index (χ0v) is 20.8. The number of alkyl halides is 4. The van der Waals surface area contributed by atoms with Gasteiger partial charge < -0.3 is 10.3 Å². The maximum absolute atomic E-state index is 15.6. The molecule has 0 spiro atoms. The van der Waals surface area contributed by atoms with Gasteiger partial charge in [-0.2, -0.15) is 17.6 Å². The molecule has 1 aromatic heterocycles. The Balaban J connectivity index is 1.24. The van der Waals surface area contributed by atoms with E-state index in [1.165, 1.54) is 18.2 Å². The molecule has 0 unspecified atom stereocenters. The molecule has 4 nitrogen and oxygen atoms in total. The van der Waals surface area contributed by atoms with Crippen molar-refractivity contribution in [3.05, 3.63) is 71.3 Å². The van der Waals surface area contributed by atoms with Gasteiger partial charge >= 0.3 is 11.8 Å². The van der Waals surface area contributed by atoms with Crippen molar-refractivity contribution in [2.75, 3.05) is 6.54 Å². The van der Waals surface area contributed by atoms with Crippen LogP contribution in [-0.2, 0) is 11.8 Å². The van der Waals surface area contributed by atoms with Gasteiger partial charge in [0.15, 0.2) is 0 Å². The highest BCUT2D eigenvalue weighted by atomic mass is 19.3. The fraction of sp³-hybridized carbons (Fsp3) is 0.400. The van der Waals surface area contributed by atoms with Crippen LogP contribution in [0.25, 0.3) is 28.0 Å². The van der Waals surface area contributed by atoms with Gasteiger partial charge in [0.2, 0.25) is 0 Å². The van der Waals surface area contributed by atoms with E-state index in [4.69, 9.17) is 0 Å². The molecule has 8 heteroatoms. The second-order valence-corrected chi connectivity index (χ2v) is 10.9. The summed E-state index contributed by atoms with van der Waals surface area (Å²) in [6, 6.07) is 9.14. The number of aromatic amines is 1. The standard InChI is InChI=1S/C30H28F4N4/c31-29(32)23-12-18(20-14-26(36-15-20)25-6-3-11-35-25)7-9-21(23)22-10-8-19(13-24(22)30(29,33)34)27-16-37-28(38-27)17-4-1-2-5-17/h7-10,12-13,15-17,25,35H,1-6,11,14H2,(H,37,38)/t25-/m0/s1. The number of H-pyrrole nitrogens is 1. The van der Waals surface area contributed by atoms with Gasteiger partial charge in [0.05, 0.1) is 11.9 Å². The predicted molar refractivity (Wildman–Crippen MR) is 140 cm³/mol. The molecule has 2 aromatic carbocycles. The van der Waals surface area contributed by atoms with Crippen LogP contribution in [0.4, 0.5) is 17.6 Å². The Morgan fingerprint density at radius 2 is 1.50 bits per heavy atom. The number of nitrogens with zero attached hydrogens (tertiary/aromatic N) is 2. The van der Waals surface area contributed by atoms with Crippen LogP contribution >= 0.6 is 0 Å². The van der Waals surface area contributed by atoms with E-state index in [9.17, 15) is 0 Å². The van der Waals surface area contributed by atoms with Gasteiger partial charge in [-0.15, -0.1) is 0 Å². The first-order valence-electron chi connectivity index (χ1n) is 13.4. The number of allylic oxidation sites excluding steroid dienone is 1. The summed E-state index contributed by atoms with van der Waals surface area (Å²) >= 11 is 0. The van der Waals surface area contributed by atoms with Crippen LogP contribution in [0.5, 0.6) is 0 Å². The number of hydrogen-bond donors (Lipinski definition) is 2. The summed E-state index contributed by atoms with van der Waals surface area (Å²) in [5.41, 5.74) is 2.22. The Labute approximate surface area is 218 Å². The normalized spacial score (nSPS) is 23.7. The van der Waals surface area contributed by atoms with Crippen LogP contribution in [0.1, 0.15) is 73.4 Å². The first kappa shape index (κ1) is 23.8. The van der Waals surface area contributed by atoms with Crippen LogP contribution in [-0.4, -0.2) is 28.3 Å². The molecule has 1 atom stereocenters. The number of rotatable bonds is 4. The van der Waals surface area contributed by atoms with E-state index in [1.54, 1.807) is 30.6 Å². The van der Waals surface area contributed by atoms with E-state index in [2.05, 4.69) is 20.3 Å². The van der Waals surface area contributed by atoms with Crippen molar-refractivity contribution in [3.63, 3.8) is 0 Å². The predicted octanol–water partition coefficient (Wildman–Crippen LogP) is 7.54. The van der Waals surface area contributed by atoms with E-state index in [0.717, 1.165) is 62.2 Å². The lowest BCUT2D eigenvalue weighted by Gasteiger charge is -2.35. The Kier molecular flexibility index (Phi) is 5.41. The van der Waals surface area contributed by atoms with Crippen LogP contribution < -0.4 is 5.32 Å². The van der Waals surface area contributed by atoms with Crippen LogP contribution in [0.2, 0.25) is 0 Å². The Hall–Kier alpha value is -3.26. The first-order valence-corrected chi connectivity index (χ1v) is 13.4. The zero-order chi connectivity index (χ0) is 26.1. The molecule has 0 amide bonds. The van der Waals surface area contributed by atoms with Gasteiger partial charge in [0, 0.05) is 47.0 Å². The van der Waals surface area contributed by atoms with Crippen molar-refractivity contribution in [2.45, 2.75) is 68.8 Å². The molecule has 1 saturated carbocycles. The van der Waals surface area contributed by atoms with Gasteiger partial charge in [-0.25, -0.2) is 4.98 Å². The fourth-order valence-corrected chi connectivity index (χ4v) is 6.48. The third-order valence-corrected chi connectivity index (χ3v) is 8.64. The maximum Gasteiger partial charge on any atom is 0.340 e. The topological polar surface area (TPSA) is 53.1 Å². The molecule has 196 valence electrons. The Morgan fingerprint density at radius 1 is 0.816 bits per heavy atom. The van der Waals surface area contributed by atoms with Gasteiger partial charge in [-0.1, -0.05) is 37.1 Å². The highest BCUT2D eigenvalue weighted by Gasteiger charge is 2.62. The number of aliphatic imine (C=N–C) groups is 1. The van der Waals surface area contributed by atoms with Gasteiger partial charge in [0.25, 0.3) is 0 Å². The number of benzene rings is 2. The maximum atomic E-state index is 15.6. The quantitative estimate of drug-likeness (QED) is 0.349. The number of fused-ring (bicyclic) bond motifs is 3. The Bertz CT molecular complexity index is 1470. The Morgan fingerprint density at radius 3 is 2.18 bits per heavy atom. The second-order valence-electron chi connectivity index (χ2n) is 10.9. The van der Waals surface area contributed by atoms with Crippen molar-refractivity contribution in [2.24, 2.45) is 4.99 Å². The molecule has 2 N–H and O–H groups in total. The summed E-state index contributed by atoms with van der Waals surface area (Å²) < 4.78 is 62.2. The first-order chi connectivity index (χ1) is 18.3. The zero-order valence-electron chi connectivity index (χ0n) is 20.8. The molecule has 0 bridgehead atoms. The van der Waals surface area contributed by atoms with Crippen molar-refractivity contribution >= 4 is 11.3 Å². The molecule has 7 rings (SSSR count). The van der Waals surface area contributed by atoms with E-state index >= 15 is 17.6 Å². The number of halogens is 4. The molecule has 4 aliphatic rings. The number of hydrogen-bond acceptors (Lipinski definition) is 3. The average molecular weight is 521 g/mol. The van der Waals surface area contributed by atoms with Crippen LogP contribution in [0, 0.1) is 0 Å². The fourth-order valence-electron chi connectivity index (χ4n) is 6.48. The van der Waals surface area contributed by atoms with Gasteiger partial charge in [0.1, 0.15) is 5.82 Å². The van der Waals surface area contributed by atoms with Crippen molar-refractivity contribution in [1.29, 1.82) is 0 Å². The van der Waals surface area contributed by atoms with E-state index in [-0.39, 0.29) is 17.2 Å². The summed E-state index contributed by atoms with van der Waals surface area (Å²) in [6.45, 7) is 0.933. The minimum Gasteiger partial charge on any atom is -0.342 e. The highest BCUT2D eigenvalue weighted by Crippen LogP contribution is 2.58. The van der Waals surface area contributed by atoms with Crippen molar-refractivity contribution in [3.8, 4) is 22.4 Å². The van der Waals surface area contributed by atoms with Gasteiger partial charge in [-0.05, 0) is 66.6 Å². The SMILES string of the molecule is FC1(F)c2cc(C3=CN=C([C@@H]4CCCN4)C3)ccc2-c2ccc(-c3cnc(C4CCCC4)[nH]3)cc2C1(F)F. The third kappa shape index (κ3) is 3.60. The van der Waals surface area contributed by atoms with Crippen molar-refractivity contribution < 1.29 is 17.6 Å². The highest BCUT2D eigenvalue weighted by molar-refractivity contribution is 6.02. The lowest BCUT2D eigenvalue weighted by Crippen LogP contribution is -2.39. The van der Waals surface area contributed by atoms with Crippen LogP contribution in [0.3, 0.4) is 0 Å².